The van der Waals surface area contributed by atoms with Gasteiger partial charge in [-0.3, -0.25) is 0 Å². The van der Waals surface area contributed by atoms with Crippen LogP contribution in [0.5, 0.6) is 0 Å². The summed E-state index contributed by atoms with van der Waals surface area (Å²) in [6.45, 7) is 0. The van der Waals surface area contributed by atoms with E-state index < -0.39 is 17.7 Å². The van der Waals surface area contributed by atoms with Gasteiger partial charge in [-0.2, -0.15) is 13.2 Å². The van der Waals surface area contributed by atoms with Gasteiger partial charge in [-0.1, -0.05) is 0 Å². The van der Waals surface area contributed by atoms with Gasteiger partial charge in [0.05, 0.1) is 5.51 Å². The van der Waals surface area contributed by atoms with E-state index in [1.54, 1.807) is 0 Å². The molecule has 0 radical (unpaired) electrons. The summed E-state index contributed by atoms with van der Waals surface area (Å²) in [4.78, 5) is 14.2. The minimum atomic E-state index is -4.37. The molecule has 0 spiro atoms. The van der Waals surface area contributed by atoms with Gasteiger partial charge in [0.1, 0.15) is 10.5 Å². The Morgan fingerprint density at radius 2 is 2.19 bits per heavy atom. The highest BCUT2D eigenvalue weighted by Gasteiger charge is 2.64. The maximum Gasteiger partial charge on any atom is 0.411 e. The second-order valence-electron chi connectivity index (χ2n) is 3.54. The highest BCUT2D eigenvalue weighted by Crippen LogP contribution is 2.51. The van der Waals surface area contributed by atoms with Crippen LogP contribution in [0.1, 0.15) is 23.3 Å². The summed E-state index contributed by atoms with van der Waals surface area (Å²) >= 11 is 0.858. The molecule has 2 N–H and O–H groups in total. The molecule has 0 aliphatic heterocycles. The molecule has 4 nitrogen and oxygen atoms in total. The molecular formula is C8H7F3N2O2S. The highest BCUT2D eigenvalue weighted by molar-refractivity contribution is 7.14. The van der Waals surface area contributed by atoms with Gasteiger partial charge in [0.2, 0.25) is 0 Å². The number of nitrogens with one attached hydrogen (secondary N) is 1. The lowest BCUT2D eigenvalue weighted by Crippen LogP contribution is -2.38. The second kappa shape index (κ2) is 3.34. The number of thiazole rings is 1. The molecule has 8 heteroatoms. The average Bonchev–Trinajstić information content (AvgIpc) is 2.76. The van der Waals surface area contributed by atoms with Gasteiger partial charge in [-0.05, 0) is 12.8 Å². The first-order valence-corrected chi connectivity index (χ1v) is 5.25. The Balaban J connectivity index is 2.22. The van der Waals surface area contributed by atoms with E-state index in [9.17, 15) is 18.0 Å². The lowest BCUT2D eigenvalue weighted by atomic mass is 10.2. The zero-order valence-electron chi connectivity index (χ0n) is 7.84. The van der Waals surface area contributed by atoms with Crippen LogP contribution in [0.4, 0.5) is 18.2 Å². The van der Waals surface area contributed by atoms with E-state index >= 15 is 0 Å². The second-order valence-corrected chi connectivity index (χ2v) is 4.39. The van der Waals surface area contributed by atoms with Crippen LogP contribution < -0.4 is 5.32 Å². The number of carboxylic acid groups (broad SMARTS) is 1. The summed E-state index contributed by atoms with van der Waals surface area (Å²) in [6, 6.07) is 0. The molecule has 1 aromatic heterocycles. The molecule has 16 heavy (non-hydrogen) atoms. The van der Waals surface area contributed by atoms with Crippen LogP contribution in [-0.4, -0.2) is 27.8 Å². The minimum Gasteiger partial charge on any atom is -0.476 e. The van der Waals surface area contributed by atoms with Gasteiger partial charge >= 0.3 is 12.1 Å². The van der Waals surface area contributed by atoms with E-state index in [2.05, 4.69) is 10.3 Å². The van der Waals surface area contributed by atoms with Crippen LogP contribution in [0, 0.1) is 0 Å². The maximum atomic E-state index is 12.6. The van der Waals surface area contributed by atoms with Crippen LogP contribution in [0.25, 0.3) is 0 Å². The van der Waals surface area contributed by atoms with Crippen molar-refractivity contribution >= 4 is 22.3 Å². The number of alkyl halides is 3. The van der Waals surface area contributed by atoms with Crippen LogP contribution in [-0.2, 0) is 0 Å². The third-order valence-corrected chi connectivity index (χ3v) is 3.16. The first-order valence-electron chi connectivity index (χ1n) is 4.37. The lowest BCUT2D eigenvalue weighted by molar-refractivity contribution is -0.151. The minimum absolute atomic E-state index is 0.0343. The van der Waals surface area contributed by atoms with Crippen molar-refractivity contribution in [1.29, 1.82) is 0 Å². The van der Waals surface area contributed by atoms with Crippen molar-refractivity contribution in [2.75, 3.05) is 5.32 Å². The Kier molecular flexibility index (Phi) is 2.33. The molecule has 0 aromatic carbocycles. The van der Waals surface area contributed by atoms with Crippen molar-refractivity contribution in [3.05, 3.63) is 11.2 Å². The number of nitrogens with zero attached hydrogens (tertiary/aromatic N) is 1. The zero-order chi connectivity index (χ0) is 12.0. The zero-order valence-corrected chi connectivity index (χ0v) is 8.65. The van der Waals surface area contributed by atoms with Crippen LogP contribution in [0.2, 0.25) is 0 Å². The van der Waals surface area contributed by atoms with E-state index in [1.165, 1.54) is 5.51 Å². The Bertz CT molecular complexity index is 425. The number of carboxylic acids is 1. The molecule has 1 aliphatic carbocycles. The van der Waals surface area contributed by atoms with Gasteiger partial charge < -0.3 is 10.4 Å². The Hall–Kier alpha value is -1.31. The molecule has 1 aromatic rings. The van der Waals surface area contributed by atoms with Crippen molar-refractivity contribution in [3.63, 3.8) is 0 Å². The van der Waals surface area contributed by atoms with E-state index in [1.807, 2.05) is 0 Å². The summed E-state index contributed by atoms with van der Waals surface area (Å²) in [5.41, 5.74) is -1.11. The predicted molar refractivity (Wildman–Crippen MR) is 50.7 cm³/mol. The quantitative estimate of drug-likeness (QED) is 0.866. The standard InChI is InChI=1S/C8H7F3N2O2S/c9-8(10,11)7(1-2-7)13-5-4(6(14)15)12-3-16-5/h3,13H,1-2H2,(H,14,15). The summed E-state index contributed by atoms with van der Waals surface area (Å²) < 4.78 is 37.8. The number of aromatic nitrogens is 1. The van der Waals surface area contributed by atoms with Gasteiger partial charge in [-0.25, -0.2) is 9.78 Å². The SMILES string of the molecule is O=C(O)c1ncsc1NC1(C(F)(F)F)CC1. The Morgan fingerprint density at radius 1 is 1.56 bits per heavy atom. The van der Waals surface area contributed by atoms with Gasteiger partial charge in [0, 0.05) is 0 Å². The molecule has 1 fully saturated rings. The highest BCUT2D eigenvalue weighted by atomic mass is 32.1. The molecule has 1 saturated carbocycles. The normalized spacial score (nSPS) is 18.2. The number of hydrogen-bond donors (Lipinski definition) is 2. The molecule has 0 unspecified atom stereocenters. The van der Waals surface area contributed by atoms with Crippen molar-refractivity contribution in [1.82, 2.24) is 4.98 Å². The Labute approximate surface area is 92.1 Å². The summed E-state index contributed by atoms with van der Waals surface area (Å²) in [7, 11) is 0. The van der Waals surface area contributed by atoms with Gasteiger partial charge in [-0.15, -0.1) is 11.3 Å². The maximum absolute atomic E-state index is 12.6. The lowest BCUT2D eigenvalue weighted by Gasteiger charge is -2.20. The number of anilines is 1. The van der Waals surface area contributed by atoms with Crippen molar-refractivity contribution < 1.29 is 23.1 Å². The number of aromatic carboxylic acids is 1. The van der Waals surface area contributed by atoms with E-state index in [0.29, 0.717) is 0 Å². The van der Waals surface area contributed by atoms with Gasteiger partial charge in [0.25, 0.3) is 0 Å². The smallest absolute Gasteiger partial charge is 0.411 e. The van der Waals surface area contributed by atoms with Crippen LogP contribution in [0.3, 0.4) is 0 Å². The van der Waals surface area contributed by atoms with E-state index in [0.717, 1.165) is 11.3 Å². The number of rotatable bonds is 3. The third kappa shape index (κ3) is 1.73. The first-order chi connectivity index (χ1) is 7.36. The van der Waals surface area contributed by atoms with Crippen molar-refractivity contribution in [3.8, 4) is 0 Å². The first kappa shape index (κ1) is 11.2. The summed E-state index contributed by atoms with van der Waals surface area (Å²) in [6.07, 6.45) is -4.44. The molecule has 2 rings (SSSR count). The molecular weight excluding hydrogens is 245 g/mol. The number of carbonyl (C=O) groups is 1. The molecule has 88 valence electrons. The van der Waals surface area contributed by atoms with E-state index in [4.69, 9.17) is 5.11 Å². The van der Waals surface area contributed by atoms with Crippen LogP contribution in [0.15, 0.2) is 5.51 Å². The summed E-state index contributed by atoms with van der Waals surface area (Å²) in [5, 5.41) is 10.9. The molecule has 1 aliphatic rings. The fourth-order valence-corrected chi connectivity index (χ4v) is 2.08. The number of hydrogen-bond acceptors (Lipinski definition) is 4. The monoisotopic (exact) mass is 252 g/mol. The molecule has 0 amide bonds. The topological polar surface area (TPSA) is 62.2 Å². The third-order valence-electron chi connectivity index (χ3n) is 2.42. The fraction of sp³-hybridized carbons (Fsp3) is 0.500. The van der Waals surface area contributed by atoms with Crippen molar-refractivity contribution in [2.45, 2.75) is 24.6 Å². The van der Waals surface area contributed by atoms with Gasteiger partial charge in [0.15, 0.2) is 5.69 Å². The Morgan fingerprint density at radius 3 is 2.62 bits per heavy atom. The number of halogens is 3. The molecule has 0 atom stereocenters. The fourth-order valence-electron chi connectivity index (χ4n) is 1.31. The molecule has 1 heterocycles. The predicted octanol–water partition coefficient (Wildman–Crippen LogP) is 2.35. The molecule has 0 bridgehead atoms. The van der Waals surface area contributed by atoms with Crippen LogP contribution >= 0.6 is 11.3 Å². The summed E-state index contributed by atoms with van der Waals surface area (Å²) in [5.74, 6) is -1.33. The van der Waals surface area contributed by atoms with E-state index in [-0.39, 0.29) is 23.5 Å². The van der Waals surface area contributed by atoms with Crippen molar-refractivity contribution in [2.24, 2.45) is 0 Å². The molecule has 0 saturated heterocycles. The largest absolute Gasteiger partial charge is 0.476 e. The average molecular weight is 252 g/mol.